The van der Waals surface area contributed by atoms with Gasteiger partial charge in [-0.15, -0.1) is 0 Å². The summed E-state index contributed by atoms with van der Waals surface area (Å²) in [5.74, 6) is -0.0603. The van der Waals surface area contributed by atoms with Crippen LogP contribution < -0.4 is 11.1 Å². The molecule has 3 N–H and O–H groups in total. The fourth-order valence-corrected chi connectivity index (χ4v) is 3.69. The zero-order valence-corrected chi connectivity index (χ0v) is 11.4. The van der Waals surface area contributed by atoms with E-state index in [2.05, 4.69) is 10.3 Å². The summed E-state index contributed by atoms with van der Waals surface area (Å²) in [7, 11) is 0. The standard InChI is InChI=1S/C15H21N3O/c1-11-4-2-5-12(17-11)13(19)18-15-7-3-6-14(16,10-15)8-9-15/h2,4-5H,3,6-10,16H2,1H3,(H,18,19). The molecule has 4 nitrogen and oxygen atoms in total. The predicted molar refractivity (Wildman–Crippen MR) is 73.8 cm³/mol. The lowest BCUT2D eigenvalue weighted by Crippen LogP contribution is -2.52. The molecule has 3 rings (SSSR count). The highest BCUT2D eigenvalue weighted by Gasteiger charge is 2.49. The maximum Gasteiger partial charge on any atom is 0.270 e. The van der Waals surface area contributed by atoms with Gasteiger partial charge in [-0.1, -0.05) is 6.07 Å². The van der Waals surface area contributed by atoms with Crippen LogP contribution in [0.25, 0.3) is 0 Å². The van der Waals surface area contributed by atoms with E-state index in [4.69, 9.17) is 5.73 Å². The first-order chi connectivity index (χ1) is 9.00. The number of aromatic nitrogens is 1. The Morgan fingerprint density at radius 3 is 2.95 bits per heavy atom. The van der Waals surface area contributed by atoms with Crippen molar-refractivity contribution in [3.8, 4) is 0 Å². The fraction of sp³-hybridized carbons (Fsp3) is 0.600. The lowest BCUT2D eigenvalue weighted by molar-refractivity contribution is 0.0871. The number of rotatable bonds is 2. The van der Waals surface area contributed by atoms with E-state index >= 15 is 0 Å². The van der Waals surface area contributed by atoms with E-state index < -0.39 is 0 Å². The van der Waals surface area contributed by atoms with Gasteiger partial charge in [-0.2, -0.15) is 0 Å². The van der Waals surface area contributed by atoms with Gasteiger partial charge in [0.25, 0.3) is 5.91 Å². The van der Waals surface area contributed by atoms with Crippen LogP contribution in [0.5, 0.6) is 0 Å². The quantitative estimate of drug-likeness (QED) is 0.852. The lowest BCUT2D eigenvalue weighted by atomic mass is 9.79. The Morgan fingerprint density at radius 1 is 1.32 bits per heavy atom. The number of amides is 1. The molecule has 0 aromatic carbocycles. The Morgan fingerprint density at radius 2 is 2.16 bits per heavy atom. The molecule has 2 saturated carbocycles. The van der Waals surface area contributed by atoms with Gasteiger partial charge in [-0.05, 0) is 57.6 Å². The average molecular weight is 259 g/mol. The number of pyridine rings is 1. The summed E-state index contributed by atoms with van der Waals surface area (Å²) in [5, 5.41) is 3.21. The van der Waals surface area contributed by atoms with E-state index in [1.807, 2.05) is 19.1 Å². The minimum atomic E-state index is -0.0878. The van der Waals surface area contributed by atoms with E-state index in [-0.39, 0.29) is 17.0 Å². The van der Waals surface area contributed by atoms with E-state index in [9.17, 15) is 4.79 Å². The molecular weight excluding hydrogens is 238 g/mol. The molecule has 2 aliphatic carbocycles. The molecule has 2 fully saturated rings. The molecule has 1 heterocycles. The highest BCUT2D eigenvalue weighted by atomic mass is 16.2. The number of nitrogens with two attached hydrogens (primary N) is 1. The van der Waals surface area contributed by atoms with Crippen molar-refractivity contribution in [2.45, 2.75) is 56.5 Å². The summed E-state index contributed by atoms with van der Waals surface area (Å²) in [6.07, 6.45) is 6.18. The van der Waals surface area contributed by atoms with E-state index in [0.29, 0.717) is 5.69 Å². The lowest BCUT2D eigenvalue weighted by Gasteiger charge is -2.38. The van der Waals surface area contributed by atoms with Crippen molar-refractivity contribution in [3.05, 3.63) is 29.6 Å². The Balaban J connectivity index is 1.77. The molecule has 0 saturated heterocycles. The van der Waals surface area contributed by atoms with Crippen LogP contribution in [0.3, 0.4) is 0 Å². The van der Waals surface area contributed by atoms with Crippen LogP contribution in [0.2, 0.25) is 0 Å². The molecule has 102 valence electrons. The Hall–Kier alpha value is -1.42. The van der Waals surface area contributed by atoms with Gasteiger partial charge in [0.05, 0.1) is 0 Å². The third-order valence-corrected chi connectivity index (χ3v) is 4.62. The summed E-state index contributed by atoms with van der Waals surface area (Å²) in [6.45, 7) is 1.90. The van der Waals surface area contributed by atoms with Gasteiger partial charge in [-0.25, -0.2) is 4.98 Å². The van der Waals surface area contributed by atoms with Gasteiger partial charge in [0.2, 0.25) is 0 Å². The van der Waals surface area contributed by atoms with Gasteiger partial charge in [0, 0.05) is 16.8 Å². The molecule has 1 aromatic rings. The molecule has 2 atom stereocenters. The second-order valence-corrected chi connectivity index (χ2v) is 6.29. The van der Waals surface area contributed by atoms with E-state index in [1.165, 1.54) is 0 Å². The van der Waals surface area contributed by atoms with Crippen molar-refractivity contribution in [1.29, 1.82) is 0 Å². The first-order valence-corrected chi connectivity index (χ1v) is 7.06. The Labute approximate surface area is 113 Å². The number of fused-ring (bicyclic) bond motifs is 2. The monoisotopic (exact) mass is 259 g/mol. The van der Waals surface area contributed by atoms with Crippen LogP contribution in [-0.2, 0) is 0 Å². The van der Waals surface area contributed by atoms with Gasteiger partial charge in [0.1, 0.15) is 5.69 Å². The van der Waals surface area contributed by atoms with Gasteiger partial charge < -0.3 is 11.1 Å². The predicted octanol–water partition coefficient (Wildman–Crippen LogP) is 1.92. The number of nitrogens with zero attached hydrogens (tertiary/aromatic N) is 1. The Kier molecular flexibility index (Phi) is 2.86. The fourth-order valence-electron chi connectivity index (χ4n) is 3.69. The second kappa shape index (κ2) is 4.30. The van der Waals surface area contributed by atoms with Crippen molar-refractivity contribution in [2.75, 3.05) is 0 Å². The molecule has 2 aliphatic rings. The second-order valence-electron chi connectivity index (χ2n) is 6.29. The zero-order chi connectivity index (χ0) is 13.5. The smallest absolute Gasteiger partial charge is 0.270 e. The van der Waals surface area contributed by atoms with Crippen molar-refractivity contribution in [3.63, 3.8) is 0 Å². The largest absolute Gasteiger partial charge is 0.345 e. The van der Waals surface area contributed by atoms with Gasteiger partial charge in [0.15, 0.2) is 0 Å². The molecule has 2 unspecified atom stereocenters. The van der Waals surface area contributed by atoms with Crippen molar-refractivity contribution in [2.24, 2.45) is 5.73 Å². The van der Waals surface area contributed by atoms with E-state index in [0.717, 1.165) is 44.2 Å². The Bertz CT molecular complexity index is 516. The van der Waals surface area contributed by atoms with Crippen LogP contribution >= 0.6 is 0 Å². The maximum atomic E-state index is 12.3. The topological polar surface area (TPSA) is 68.0 Å². The summed E-state index contributed by atoms with van der Waals surface area (Å²) in [5.41, 5.74) is 7.60. The van der Waals surface area contributed by atoms with Crippen molar-refractivity contribution < 1.29 is 4.79 Å². The average Bonchev–Trinajstić information content (AvgIpc) is 2.59. The molecule has 4 heteroatoms. The third-order valence-electron chi connectivity index (χ3n) is 4.62. The van der Waals surface area contributed by atoms with Gasteiger partial charge >= 0.3 is 0 Å². The minimum absolute atomic E-state index is 0.0500. The maximum absolute atomic E-state index is 12.3. The zero-order valence-electron chi connectivity index (χ0n) is 11.4. The SMILES string of the molecule is Cc1cccc(C(=O)NC23CCCC(N)(CC2)C3)n1. The first-order valence-electron chi connectivity index (χ1n) is 7.06. The molecule has 0 aliphatic heterocycles. The summed E-state index contributed by atoms with van der Waals surface area (Å²) in [6, 6.07) is 5.54. The highest BCUT2D eigenvalue weighted by molar-refractivity contribution is 5.92. The number of nitrogens with one attached hydrogen (secondary N) is 1. The molecule has 19 heavy (non-hydrogen) atoms. The van der Waals surface area contributed by atoms with Gasteiger partial charge in [-0.3, -0.25) is 4.79 Å². The molecule has 2 bridgehead atoms. The van der Waals surface area contributed by atoms with Crippen LogP contribution in [0.4, 0.5) is 0 Å². The first kappa shape index (κ1) is 12.6. The number of carbonyl (C=O) groups is 1. The molecule has 0 spiro atoms. The number of hydrogen-bond acceptors (Lipinski definition) is 3. The third kappa shape index (κ3) is 2.37. The minimum Gasteiger partial charge on any atom is -0.345 e. The normalized spacial score (nSPS) is 33.2. The number of hydrogen-bond donors (Lipinski definition) is 2. The van der Waals surface area contributed by atoms with Crippen LogP contribution in [-0.4, -0.2) is 22.0 Å². The summed E-state index contributed by atoms with van der Waals surface area (Å²) < 4.78 is 0. The molecule has 1 aromatic heterocycles. The van der Waals surface area contributed by atoms with Crippen LogP contribution in [0.1, 0.15) is 54.7 Å². The van der Waals surface area contributed by atoms with Crippen molar-refractivity contribution >= 4 is 5.91 Å². The summed E-state index contributed by atoms with van der Waals surface area (Å²) in [4.78, 5) is 16.6. The molecule has 1 amide bonds. The number of carbonyl (C=O) groups excluding carboxylic acids is 1. The number of aryl methyl sites for hydroxylation is 1. The molecular formula is C15H21N3O. The van der Waals surface area contributed by atoms with Crippen LogP contribution in [0.15, 0.2) is 18.2 Å². The molecule has 0 radical (unpaired) electrons. The van der Waals surface area contributed by atoms with E-state index in [1.54, 1.807) is 6.07 Å². The van der Waals surface area contributed by atoms with Crippen LogP contribution in [0, 0.1) is 6.92 Å². The van der Waals surface area contributed by atoms with Crippen molar-refractivity contribution in [1.82, 2.24) is 10.3 Å². The summed E-state index contributed by atoms with van der Waals surface area (Å²) >= 11 is 0. The highest BCUT2D eigenvalue weighted by Crippen LogP contribution is 2.46.